The van der Waals surface area contributed by atoms with Gasteiger partial charge in [-0.2, -0.15) is 6.92 Å². The maximum Gasteiger partial charge on any atom is 0.00124 e. The number of rotatable bonds is 6. The van der Waals surface area contributed by atoms with E-state index < -0.39 is 0 Å². The largest absolute Gasteiger partial charge is 0.371 e. The first kappa shape index (κ1) is 16.5. The van der Waals surface area contributed by atoms with Gasteiger partial charge >= 0.3 is 0 Å². The summed E-state index contributed by atoms with van der Waals surface area (Å²) in [6, 6.07) is 1.23. The summed E-state index contributed by atoms with van der Waals surface area (Å²) in [5.74, 6) is 0. The van der Waals surface area contributed by atoms with E-state index in [1.165, 1.54) is 0 Å². The standard InChI is InChI=1S/C10H22N2.Y/c1-6-7-11-9(4)10(5)12-8(2)3;/h6,8-12H,4,7H2,1-3,5H3;/q-2;. The molecule has 0 saturated carbocycles. The molecule has 0 bridgehead atoms. The van der Waals surface area contributed by atoms with Gasteiger partial charge in [-0.05, 0) is 6.04 Å². The molecule has 0 spiro atoms. The van der Waals surface area contributed by atoms with Crippen LogP contribution in [0.4, 0.5) is 0 Å². The van der Waals surface area contributed by atoms with Crippen LogP contribution in [0.15, 0.2) is 0 Å². The van der Waals surface area contributed by atoms with Crippen molar-refractivity contribution in [3.63, 3.8) is 0 Å². The molecular weight excluding hydrogens is 237 g/mol. The van der Waals surface area contributed by atoms with Crippen LogP contribution in [-0.4, -0.2) is 24.7 Å². The molecule has 2 unspecified atom stereocenters. The first-order chi connectivity index (χ1) is 5.57. The van der Waals surface area contributed by atoms with Gasteiger partial charge in [0.1, 0.15) is 0 Å². The SMILES string of the molecule is [CH2-]C(NC[CH-]C)C(C)NC(C)C.[Y]. The zero-order valence-corrected chi connectivity index (χ0v) is 12.1. The monoisotopic (exact) mass is 259 g/mol. The second-order valence-corrected chi connectivity index (χ2v) is 3.53. The molecule has 13 heavy (non-hydrogen) atoms. The first-order valence-electron chi connectivity index (χ1n) is 4.68. The molecule has 0 aromatic carbocycles. The maximum absolute atomic E-state index is 4.03. The molecule has 2 nitrogen and oxygen atoms in total. The number of nitrogens with one attached hydrogen (secondary N) is 2. The molecule has 0 aliphatic rings. The number of hydrogen-bond acceptors (Lipinski definition) is 2. The van der Waals surface area contributed by atoms with E-state index in [2.05, 4.69) is 44.7 Å². The summed E-state index contributed by atoms with van der Waals surface area (Å²) in [6.07, 6.45) is 2.10. The van der Waals surface area contributed by atoms with Gasteiger partial charge in [0, 0.05) is 38.8 Å². The molecule has 1 radical (unpaired) electrons. The van der Waals surface area contributed by atoms with Crippen LogP contribution in [0.1, 0.15) is 27.7 Å². The fraction of sp³-hybridized carbons (Fsp3) is 0.800. The smallest absolute Gasteiger partial charge is 0.00124 e. The molecule has 0 saturated heterocycles. The molecule has 0 fully saturated rings. The van der Waals surface area contributed by atoms with E-state index in [9.17, 15) is 0 Å². The van der Waals surface area contributed by atoms with Crippen LogP contribution in [0, 0.1) is 13.3 Å². The molecule has 0 rings (SSSR count). The van der Waals surface area contributed by atoms with Crippen molar-refractivity contribution in [1.29, 1.82) is 0 Å². The van der Waals surface area contributed by atoms with Crippen molar-refractivity contribution in [3.05, 3.63) is 13.3 Å². The Morgan fingerprint density at radius 1 is 1.31 bits per heavy atom. The molecule has 2 N–H and O–H groups in total. The van der Waals surface area contributed by atoms with Gasteiger partial charge in [-0.15, -0.1) is 12.6 Å². The van der Waals surface area contributed by atoms with Gasteiger partial charge in [0.15, 0.2) is 0 Å². The first-order valence-corrected chi connectivity index (χ1v) is 4.68. The van der Waals surface area contributed by atoms with E-state index in [0.717, 1.165) is 6.54 Å². The Kier molecular flexibility index (Phi) is 12.1. The van der Waals surface area contributed by atoms with Crippen LogP contribution < -0.4 is 10.6 Å². The molecule has 0 aromatic heterocycles. The zero-order valence-electron chi connectivity index (χ0n) is 9.30. The summed E-state index contributed by atoms with van der Waals surface area (Å²) >= 11 is 0. The minimum Gasteiger partial charge on any atom is -0.371 e. The molecule has 0 aliphatic carbocycles. The average Bonchev–Trinajstić information content (AvgIpc) is 1.98. The Hall–Kier alpha value is 1.02. The molecular formula is C10H22N2Y-2. The van der Waals surface area contributed by atoms with Crippen molar-refractivity contribution in [1.82, 2.24) is 10.6 Å². The molecule has 2 atom stereocenters. The van der Waals surface area contributed by atoms with Gasteiger partial charge in [0.2, 0.25) is 0 Å². The summed E-state index contributed by atoms with van der Waals surface area (Å²) in [7, 11) is 0. The van der Waals surface area contributed by atoms with Crippen LogP contribution in [-0.2, 0) is 32.7 Å². The van der Waals surface area contributed by atoms with Crippen molar-refractivity contribution in [2.24, 2.45) is 0 Å². The third-order valence-corrected chi connectivity index (χ3v) is 1.78. The minimum absolute atomic E-state index is 0. The van der Waals surface area contributed by atoms with E-state index in [0.29, 0.717) is 12.1 Å². The Bertz CT molecular complexity index is 107. The number of hydrogen-bond donors (Lipinski definition) is 2. The maximum atomic E-state index is 4.03. The van der Waals surface area contributed by atoms with Gasteiger partial charge in [0.25, 0.3) is 0 Å². The van der Waals surface area contributed by atoms with Crippen molar-refractivity contribution in [2.45, 2.75) is 45.8 Å². The van der Waals surface area contributed by atoms with Crippen molar-refractivity contribution >= 4 is 0 Å². The summed E-state index contributed by atoms with van der Waals surface area (Å²) in [5, 5.41) is 6.72. The van der Waals surface area contributed by atoms with Gasteiger partial charge in [-0.25, -0.2) is 0 Å². The normalized spacial score (nSPS) is 15.2. The summed E-state index contributed by atoms with van der Waals surface area (Å²) in [5.41, 5.74) is 0. The second kappa shape index (κ2) is 9.57. The van der Waals surface area contributed by atoms with E-state index in [1.54, 1.807) is 0 Å². The fourth-order valence-corrected chi connectivity index (χ4v) is 1.09. The fourth-order valence-electron chi connectivity index (χ4n) is 1.09. The topological polar surface area (TPSA) is 24.1 Å². The minimum atomic E-state index is 0. The zero-order chi connectivity index (χ0) is 9.56. The summed E-state index contributed by atoms with van der Waals surface area (Å²) in [6.45, 7) is 13.5. The second-order valence-electron chi connectivity index (χ2n) is 3.53. The van der Waals surface area contributed by atoms with Crippen molar-refractivity contribution < 1.29 is 32.7 Å². The van der Waals surface area contributed by atoms with Crippen LogP contribution in [0.5, 0.6) is 0 Å². The Morgan fingerprint density at radius 2 is 1.85 bits per heavy atom. The van der Waals surface area contributed by atoms with E-state index in [-0.39, 0.29) is 38.8 Å². The third-order valence-electron chi connectivity index (χ3n) is 1.78. The third kappa shape index (κ3) is 9.33. The van der Waals surface area contributed by atoms with Gasteiger partial charge < -0.3 is 24.0 Å². The van der Waals surface area contributed by atoms with Gasteiger partial charge in [-0.1, -0.05) is 20.8 Å². The molecule has 77 valence electrons. The van der Waals surface area contributed by atoms with E-state index in [4.69, 9.17) is 0 Å². The summed E-state index contributed by atoms with van der Waals surface area (Å²) < 4.78 is 0. The van der Waals surface area contributed by atoms with Crippen LogP contribution >= 0.6 is 0 Å². The van der Waals surface area contributed by atoms with Crippen molar-refractivity contribution in [3.8, 4) is 0 Å². The van der Waals surface area contributed by atoms with Crippen molar-refractivity contribution in [2.75, 3.05) is 6.54 Å². The predicted octanol–water partition coefficient (Wildman–Crippen LogP) is 1.39. The Morgan fingerprint density at radius 3 is 2.23 bits per heavy atom. The molecule has 0 amide bonds. The predicted molar refractivity (Wildman–Crippen MR) is 54.9 cm³/mol. The quantitative estimate of drug-likeness (QED) is 0.704. The van der Waals surface area contributed by atoms with E-state index in [1.807, 2.05) is 6.92 Å². The molecule has 3 heteroatoms. The molecule has 0 aromatic rings. The molecule has 0 heterocycles. The van der Waals surface area contributed by atoms with Gasteiger partial charge in [0.05, 0.1) is 0 Å². The van der Waals surface area contributed by atoms with Crippen LogP contribution in [0.25, 0.3) is 0 Å². The van der Waals surface area contributed by atoms with Crippen LogP contribution in [0.2, 0.25) is 0 Å². The van der Waals surface area contributed by atoms with Crippen LogP contribution in [0.3, 0.4) is 0 Å². The summed E-state index contributed by atoms with van der Waals surface area (Å²) in [4.78, 5) is 0. The Balaban J connectivity index is 0. The van der Waals surface area contributed by atoms with Gasteiger partial charge in [-0.3, -0.25) is 0 Å². The Labute approximate surface area is 109 Å². The van der Waals surface area contributed by atoms with E-state index >= 15 is 0 Å². The molecule has 0 aliphatic heterocycles. The average molecular weight is 259 g/mol.